The minimum absolute atomic E-state index is 0.189. The van der Waals surface area contributed by atoms with Gasteiger partial charge >= 0.3 is 0 Å². The maximum atomic E-state index is 6.15. The summed E-state index contributed by atoms with van der Waals surface area (Å²) in [6.45, 7) is 3.35. The van der Waals surface area contributed by atoms with Gasteiger partial charge in [-0.3, -0.25) is 0 Å². The second-order valence-electron chi connectivity index (χ2n) is 4.50. The zero-order valence-corrected chi connectivity index (χ0v) is 10.3. The van der Waals surface area contributed by atoms with Crippen molar-refractivity contribution in [2.75, 3.05) is 6.54 Å². The lowest BCUT2D eigenvalue weighted by molar-refractivity contribution is 0.413. The third kappa shape index (κ3) is 2.66. The van der Waals surface area contributed by atoms with Crippen LogP contribution in [0.1, 0.15) is 25.3 Å². The van der Waals surface area contributed by atoms with Gasteiger partial charge in [-0.1, -0.05) is 23.2 Å². The molecule has 0 aromatic heterocycles. The van der Waals surface area contributed by atoms with E-state index in [9.17, 15) is 0 Å². The van der Waals surface area contributed by atoms with Crippen LogP contribution in [-0.2, 0) is 6.42 Å². The molecular weight excluding hydrogens is 229 g/mol. The van der Waals surface area contributed by atoms with Gasteiger partial charge in [0, 0.05) is 15.6 Å². The van der Waals surface area contributed by atoms with Crippen LogP contribution in [0.25, 0.3) is 0 Å². The van der Waals surface area contributed by atoms with E-state index in [0.29, 0.717) is 0 Å². The third-order valence-electron chi connectivity index (χ3n) is 3.05. The average Bonchev–Trinajstić information content (AvgIpc) is 2.59. The Bertz CT molecular complexity index is 357. The molecule has 0 radical (unpaired) electrons. The molecule has 1 nitrogen and oxygen atoms in total. The molecule has 0 bridgehead atoms. The van der Waals surface area contributed by atoms with Crippen LogP contribution in [0.2, 0.25) is 10.0 Å². The first-order valence-corrected chi connectivity index (χ1v) is 6.04. The van der Waals surface area contributed by atoms with Crippen molar-refractivity contribution in [2.45, 2.75) is 31.7 Å². The van der Waals surface area contributed by atoms with Crippen LogP contribution >= 0.6 is 23.2 Å². The molecule has 1 fully saturated rings. The molecule has 1 atom stereocenters. The fourth-order valence-corrected chi connectivity index (χ4v) is 2.59. The Kier molecular flexibility index (Phi) is 3.24. The predicted octanol–water partition coefficient (Wildman–Crippen LogP) is 3.68. The summed E-state index contributed by atoms with van der Waals surface area (Å²) in [6, 6.07) is 5.67. The van der Waals surface area contributed by atoms with E-state index >= 15 is 0 Å². The molecule has 0 saturated carbocycles. The van der Waals surface area contributed by atoms with Crippen LogP contribution in [0.3, 0.4) is 0 Å². The molecule has 1 N–H and O–H groups in total. The molecule has 2 rings (SSSR count). The molecule has 82 valence electrons. The van der Waals surface area contributed by atoms with Crippen molar-refractivity contribution < 1.29 is 0 Å². The zero-order valence-electron chi connectivity index (χ0n) is 8.82. The van der Waals surface area contributed by atoms with E-state index < -0.39 is 0 Å². The summed E-state index contributed by atoms with van der Waals surface area (Å²) < 4.78 is 0. The van der Waals surface area contributed by atoms with Crippen molar-refractivity contribution in [3.63, 3.8) is 0 Å². The van der Waals surface area contributed by atoms with Crippen LogP contribution < -0.4 is 5.32 Å². The molecule has 1 saturated heterocycles. The van der Waals surface area contributed by atoms with Crippen molar-refractivity contribution in [2.24, 2.45) is 0 Å². The van der Waals surface area contributed by atoms with Crippen LogP contribution in [0.15, 0.2) is 18.2 Å². The van der Waals surface area contributed by atoms with Crippen molar-refractivity contribution in [1.82, 2.24) is 5.32 Å². The quantitative estimate of drug-likeness (QED) is 0.836. The number of nitrogens with one attached hydrogen (secondary N) is 1. The number of rotatable bonds is 2. The van der Waals surface area contributed by atoms with Crippen LogP contribution in [-0.4, -0.2) is 12.1 Å². The smallest absolute Gasteiger partial charge is 0.0439 e. The number of hydrogen-bond donors (Lipinski definition) is 1. The Hall–Kier alpha value is -0.240. The summed E-state index contributed by atoms with van der Waals surface area (Å²) >= 11 is 12.1. The van der Waals surface area contributed by atoms with E-state index in [1.807, 2.05) is 18.2 Å². The highest BCUT2D eigenvalue weighted by Crippen LogP contribution is 2.28. The van der Waals surface area contributed by atoms with Gasteiger partial charge in [-0.25, -0.2) is 0 Å². The van der Waals surface area contributed by atoms with E-state index in [2.05, 4.69) is 12.2 Å². The summed E-state index contributed by atoms with van der Waals surface area (Å²) in [7, 11) is 0. The highest BCUT2D eigenvalue weighted by Gasteiger charge is 2.28. The predicted molar refractivity (Wildman–Crippen MR) is 65.8 cm³/mol. The standard InChI is InChI=1S/C12H15Cl2N/c1-12(5-2-6-15-12)8-9-7-10(13)3-4-11(9)14/h3-4,7,15H,2,5-6,8H2,1H3. The number of hydrogen-bond acceptors (Lipinski definition) is 1. The Balaban J connectivity index is 2.19. The van der Waals surface area contributed by atoms with Gasteiger partial charge in [-0.05, 0) is 56.5 Å². The molecule has 15 heavy (non-hydrogen) atoms. The van der Waals surface area contributed by atoms with E-state index in [0.717, 1.165) is 28.6 Å². The van der Waals surface area contributed by atoms with E-state index in [1.54, 1.807) is 0 Å². The first-order valence-electron chi connectivity index (χ1n) is 5.28. The van der Waals surface area contributed by atoms with E-state index in [1.165, 1.54) is 12.8 Å². The van der Waals surface area contributed by atoms with Gasteiger partial charge in [0.15, 0.2) is 0 Å². The Morgan fingerprint density at radius 3 is 2.87 bits per heavy atom. The zero-order chi connectivity index (χ0) is 10.9. The van der Waals surface area contributed by atoms with Gasteiger partial charge in [0.1, 0.15) is 0 Å². The topological polar surface area (TPSA) is 12.0 Å². The second kappa shape index (κ2) is 4.32. The van der Waals surface area contributed by atoms with E-state index in [4.69, 9.17) is 23.2 Å². The molecule has 1 aliphatic heterocycles. The van der Waals surface area contributed by atoms with Crippen molar-refractivity contribution >= 4 is 23.2 Å². The largest absolute Gasteiger partial charge is 0.311 e. The molecule has 1 unspecified atom stereocenters. The summed E-state index contributed by atoms with van der Waals surface area (Å²) in [5, 5.41) is 5.10. The van der Waals surface area contributed by atoms with Crippen LogP contribution in [0.5, 0.6) is 0 Å². The number of benzene rings is 1. The number of halogens is 2. The fourth-order valence-electron chi connectivity index (χ4n) is 2.21. The summed E-state index contributed by atoms with van der Waals surface area (Å²) in [5.74, 6) is 0. The third-order valence-corrected chi connectivity index (χ3v) is 3.65. The van der Waals surface area contributed by atoms with Gasteiger partial charge in [0.25, 0.3) is 0 Å². The monoisotopic (exact) mass is 243 g/mol. The molecular formula is C12H15Cl2N. The fraction of sp³-hybridized carbons (Fsp3) is 0.500. The van der Waals surface area contributed by atoms with Crippen molar-refractivity contribution in [1.29, 1.82) is 0 Å². The maximum Gasteiger partial charge on any atom is 0.0439 e. The Morgan fingerprint density at radius 1 is 1.40 bits per heavy atom. The lowest BCUT2D eigenvalue weighted by atomic mass is 9.91. The molecule has 0 spiro atoms. The van der Waals surface area contributed by atoms with Gasteiger partial charge in [0.05, 0.1) is 0 Å². The van der Waals surface area contributed by atoms with Gasteiger partial charge in [-0.15, -0.1) is 0 Å². The Morgan fingerprint density at radius 2 is 2.20 bits per heavy atom. The molecule has 1 aromatic rings. The lowest BCUT2D eigenvalue weighted by Crippen LogP contribution is -2.38. The molecule has 1 heterocycles. The Labute approximate surface area is 101 Å². The molecule has 0 aliphatic carbocycles. The van der Waals surface area contributed by atoms with Crippen LogP contribution in [0.4, 0.5) is 0 Å². The normalized spacial score (nSPS) is 25.8. The summed E-state index contributed by atoms with van der Waals surface area (Å²) in [5.41, 5.74) is 1.33. The van der Waals surface area contributed by atoms with Gasteiger partial charge in [0.2, 0.25) is 0 Å². The minimum Gasteiger partial charge on any atom is -0.311 e. The van der Waals surface area contributed by atoms with Crippen LogP contribution in [0, 0.1) is 0 Å². The summed E-state index contributed by atoms with van der Waals surface area (Å²) in [4.78, 5) is 0. The first kappa shape index (κ1) is 11.3. The lowest BCUT2D eigenvalue weighted by Gasteiger charge is -2.25. The van der Waals surface area contributed by atoms with Crippen molar-refractivity contribution in [3.05, 3.63) is 33.8 Å². The molecule has 0 amide bonds. The van der Waals surface area contributed by atoms with Crippen molar-refractivity contribution in [3.8, 4) is 0 Å². The maximum absolute atomic E-state index is 6.15. The molecule has 3 heteroatoms. The summed E-state index contributed by atoms with van der Waals surface area (Å²) in [6.07, 6.45) is 3.40. The SMILES string of the molecule is CC1(Cc2cc(Cl)ccc2Cl)CCCN1. The highest BCUT2D eigenvalue weighted by molar-refractivity contribution is 6.33. The highest BCUT2D eigenvalue weighted by atomic mass is 35.5. The minimum atomic E-state index is 0.189. The second-order valence-corrected chi connectivity index (χ2v) is 5.35. The molecule has 1 aliphatic rings. The molecule has 1 aromatic carbocycles. The van der Waals surface area contributed by atoms with E-state index in [-0.39, 0.29) is 5.54 Å². The van der Waals surface area contributed by atoms with Gasteiger partial charge in [-0.2, -0.15) is 0 Å². The first-order chi connectivity index (χ1) is 7.09. The van der Waals surface area contributed by atoms with Gasteiger partial charge < -0.3 is 5.32 Å². The average molecular weight is 244 g/mol.